The smallest absolute Gasteiger partial charge is 0.221 e. The SMILES string of the molecule is Cc1cnc(N)nc1NCC(C)(C)CN(C)C. The summed E-state index contributed by atoms with van der Waals surface area (Å²) >= 11 is 0. The van der Waals surface area contributed by atoms with Crippen LogP contribution >= 0.6 is 0 Å². The minimum absolute atomic E-state index is 0.176. The Morgan fingerprint density at radius 3 is 2.65 bits per heavy atom. The van der Waals surface area contributed by atoms with Gasteiger partial charge in [0.25, 0.3) is 0 Å². The molecule has 0 unspecified atom stereocenters. The summed E-state index contributed by atoms with van der Waals surface area (Å²) in [7, 11) is 4.16. The van der Waals surface area contributed by atoms with Crippen molar-refractivity contribution < 1.29 is 0 Å². The summed E-state index contributed by atoms with van der Waals surface area (Å²) in [5.41, 5.74) is 6.77. The normalized spacial score (nSPS) is 11.9. The Kier molecular flexibility index (Phi) is 4.28. The van der Waals surface area contributed by atoms with Gasteiger partial charge >= 0.3 is 0 Å². The lowest BCUT2D eigenvalue weighted by Crippen LogP contribution is -2.34. The molecule has 5 heteroatoms. The molecule has 1 rings (SSSR count). The van der Waals surface area contributed by atoms with Crippen molar-refractivity contribution in [1.82, 2.24) is 14.9 Å². The first-order chi connectivity index (χ1) is 7.80. The Morgan fingerprint density at radius 2 is 2.06 bits per heavy atom. The predicted octanol–water partition coefficient (Wildman–Crippen LogP) is 1.37. The molecule has 0 radical (unpaired) electrons. The van der Waals surface area contributed by atoms with Gasteiger partial charge in [0.05, 0.1) is 0 Å². The molecule has 17 heavy (non-hydrogen) atoms. The molecular formula is C12H23N5. The van der Waals surface area contributed by atoms with Crippen LogP contribution in [0, 0.1) is 12.3 Å². The van der Waals surface area contributed by atoms with Gasteiger partial charge in [0.15, 0.2) is 0 Å². The number of nitrogen functional groups attached to an aromatic ring is 1. The standard InChI is InChI=1S/C12H23N5/c1-9-6-14-11(13)16-10(9)15-7-12(2,3)8-17(4)5/h6H,7-8H2,1-5H3,(H3,13,14,15,16). The molecule has 0 aromatic carbocycles. The van der Waals surface area contributed by atoms with Crippen LogP contribution in [0.3, 0.4) is 0 Å². The van der Waals surface area contributed by atoms with E-state index in [1.807, 2.05) is 6.92 Å². The molecule has 0 spiro atoms. The number of hydrogen-bond acceptors (Lipinski definition) is 5. The third-order valence-electron chi connectivity index (χ3n) is 2.47. The highest BCUT2D eigenvalue weighted by atomic mass is 15.1. The van der Waals surface area contributed by atoms with Gasteiger partial charge in [-0.3, -0.25) is 0 Å². The summed E-state index contributed by atoms with van der Waals surface area (Å²) in [6.45, 7) is 8.28. The summed E-state index contributed by atoms with van der Waals surface area (Å²) in [4.78, 5) is 10.3. The zero-order chi connectivity index (χ0) is 13.1. The van der Waals surface area contributed by atoms with Gasteiger partial charge in [-0.15, -0.1) is 0 Å². The largest absolute Gasteiger partial charge is 0.369 e. The van der Waals surface area contributed by atoms with E-state index in [0.717, 1.165) is 24.5 Å². The number of nitrogens with one attached hydrogen (secondary N) is 1. The molecule has 5 nitrogen and oxygen atoms in total. The van der Waals surface area contributed by atoms with Crippen LogP contribution in [0.15, 0.2) is 6.20 Å². The zero-order valence-electron chi connectivity index (χ0n) is 11.4. The monoisotopic (exact) mass is 237 g/mol. The van der Waals surface area contributed by atoms with Crippen LogP contribution in [0.2, 0.25) is 0 Å². The summed E-state index contributed by atoms with van der Waals surface area (Å²) in [6, 6.07) is 0. The number of rotatable bonds is 5. The van der Waals surface area contributed by atoms with Crippen molar-refractivity contribution in [1.29, 1.82) is 0 Å². The third-order valence-corrected chi connectivity index (χ3v) is 2.47. The summed E-state index contributed by atoms with van der Waals surface area (Å²) in [6.07, 6.45) is 1.74. The molecule has 0 saturated carbocycles. The van der Waals surface area contributed by atoms with E-state index >= 15 is 0 Å². The second kappa shape index (κ2) is 5.31. The summed E-state index contributed by atoms with van der Waals surface area (Å²) in [5, 5.41) is 3.34. The van der Waals surface area contributed by atoms with Gasteiger partial charge in [0, 0.05) is 24.8 Å². The fourth-order valence-corrected chi connectivity index (χ4v) is 1.87. The molecule has 3 N–H and O–H groups in total. The fourth-order valence-electron chi connectivity index (χ4n) is 1.87. The van der Waals surface area contributed by atoms with E-state index < -0.39 is 0 Å². The molecule has 0 fully saturated rings. The van der Waals surface area contributed by atoms with Gasteiger partial charge in [-0.05, 0) is 26.4 Å². The molecule has 0 bridgehead atoms. The van der Waals surface area contributed by atoms with Crippen molar-refractivity contribution in [2.24, 2.45) is 5.41 Å². The lowest BCUT2D eigenvalue weighted by Gasteiger charge is -2.28. The second-order valence-corrected chi connectivity index (χ2v) is 5.52. The Labute approximate surface area is 103 Å². The van der Waals surface area contributed by atoms with Crippen LogP contribution in [-0.4, -0.2) is 42.1 Å². The molecule has 1 heterocycles. The number of aryl methyl sites for hydroxylation is 1. The van der Waals surface area contributed by atoms with Gasteiger partial charge in [-0.1, -0.05) is 13.8 Å². The van der Waals surface area contributed by atoms with Crippen molar-refractivity contribution in [3.8, 4) is 0 Å². The second-order valence-electron chi connectivity index (χ2n) is 5.52. The van der Waals surface area contributed by atoms with E-state index in [4.69, 9.17) is 5.73 Å². The topological polar surface area (TPSA) is 67.1 Å². The third kappa shape index (κ3) is 4.56. The van der Waals surface area contributed by atoms with Crippen molar-refractivity contribution in [2.75, 3.05) is 38.2 Å². The van der Waals surface area contributed by atoms with Crippen LogP contribution in [0.1, 0.15) is 19.4 Å². The highest BCUT2D eigenvalue weighted by Gasteiger charge is 2.19. The van der Waals surface area contributed by atoms with E-state index in [1.165, 1.54) is 0 Å². The highest BCUT2D eigenvalue weighted by molar-refractivity contribution is 5.45. The van der Waals surface area contributed by atoms with Crippen molar-refractivity contribution >= 4 is 11.8 Å². The van der Waals surface area contributed by atoms with Gasteiger partial charge < -0.3 is 16.0 Å². The zero-order valence-corrected chi connectivity index (χ0v) is 11.4. The number of aromatic nitrogens is 2. The van der Waals surface area contributed by atoms with Crippen LogP contribution in [0.5, 0.6) is 0 Å². The molecule has 1 aromatic rings. The average Bonchev–Trinajstić information content (AvgIpc) is 2.17. The maximum Gasteiger partial charge on any atom is 0.221 e. The Morgan fingerprint density at radius 1 is 1.41 bits per heavy atom. The highest BCUT2D eigenvalue weighted by Crippen LogP contribution is 2.18. The van der Waals surface area contributed by atoms with Crippen molar-refractivity contribution in [2.45, 2.75) is 20.8 Å². The molecule has 96 valence electrons. The van der Waals surface area contributed by atoms with E-state index in [9.17, 15) is 0 Å². The quantitative estimate of drug-likeness (QED) is 0.809. The molecule has 0 aliphatic rings. The first-order valence-corrected chi connectivity index (χ1v) is 5.78. The number of hydrogen-bond donors (Lipinski definition) is 2. The lowest BCUT2D eigenvalue weighted by molar-refractivity contribution is 0.254. The van der Waals surface area contributed by atoms with Gasteiger partial charge in [0.2, 0.25) is 5.95 Å². The Hall–Kier alpha value is -1.36. The summed E-state index contributed by atoms with van der Waals surface area (Å²) in [5.74, 6) is 1.13. The Balaban J connectivity index is 2.63. The molecular weight excluding hydrogens is 214 g/mol. The van der Waals surface area contributed by atoms with Crippen LogP contribution in [0.25, 0.3) is 0 Å². The van der Waals surface area contributed by atoms with E-state index in [0.29, 0.717) is 5.95 Å². The Bertz CT molecular complexity index is 373. The summed E-state index contributed by atoms with van der Waals surface area (Å²) < 4.78 is 0. The first-order valence-electron chi connectivity index (χ1n) is 5.78. The molecule has 0 aliphatic heterocycles. The van der Waals surface area contributed by atoms with Crippen LogP contribution in [0.4, 0.5) is 11.8 Å². The molecule has 1 aromatic heterocycles. The number of nitrogens with two attached hydrogens (primary N) is 1. The molecule has 0 amide bonds. The number of nitrogens with zero attached hydrogens (tertiary/aromatic N) is 3. The molecule has 0 atom stereocenters. The van der Waals surface area contributed by atoms with Crippen molar-refractivity contribution in [3.05, 3.63) is 11.8 Å². The molecule has 0 aliphatic carbocycles. The van der Waals surface area contributed by atoms with E-state index in [-0.39, 0.29) is 5.41 Å². The van der Waals surface area contributed by atoms with Gasteiger partial charge in [-0.25, -0.2) is 4.98 Å². The molecule has 0 saturated heterocycles. The lowest BCUT2D eigenvalue weighted by atomic mass is 9.93. The average molecular weight is 237 g/mol. The van der Waals surface area contributed by atoms with Crippen LogP contribution in [-0.2, 0) is 0 Å². The van der Waals surface area contributed by atoms with E-state index in [2.05, 4.69) is 48.1 Å². The minimum Gasteiger partial charge on any atom is -0.369 e. The fraction of sp³-hybridized carbons (Fsp3) is 0.667. The maximum absolute atomic E-state index is 5.58. The predicted molar refractivity (Wildman–Crippen MR) is 72.0 cm³/mol. The maximum atomic E-state index is 5.58. The van der Waals surface area contributed by atoms with E-state index in [1.54, 1.807) is 6.20 Å². The van der Waals surface area contributed by atoms with Crippen molar-refractivity contribution in [3.63, 3.8) is 0 Å². The van der Waals surface area contributed by atoms with Crippen LogP contribution < -0.4 is 11.1 Å². The van der Waals surface area contributed by atoms with Gasteiger partial charge in [-0.2, -0.15) is 4.98 Å². The number of anilines is 2. The van der Waals surface area contributed by atoms with Gasteiger partial charge in [0.1, 0.15) is 5.82 Å². The first kappa shape index (κ1) is 13.7. The minimum atomic E-state index is 0.176.